The number of imidazole rings is 1. The Morgan fingerprint density at radius 1 is 1.08 bits per heavy atom. The van der Waals surface area contributed by atoms with E-state index in [4.69, 9.17) is 30.8 Å². The maximum Gasteiger partial charge on any atom is 0.410 e. The summed E-state index contributed by atoms with van der Waals surface area (Å²) in [5.41, 5.74) is 2.91. The van der Waals surface area contributed by atoms with Crippen LogP contribution in [0.5, 0.6) is 11.5 Å². The van der Waals surface area contributed by atoms with Gasteiger partial charge in [0.2, 0.25) is 0 Å². The van der Waals surface area contributed by atoms with Crippen LogP contribution in [0.1, 0.15) is 46.5 Å². The summed E-state index contributed by atoms with van der Waals surface area (Å²) in [6.07, 6.45) is 7.63. The minimum absolute atomic E-state index is 0.186. The molecule has 0 aliphatic carbocycles. The number of anilines is 1. The molecule has 0 saturated carbocycles. The summed E-state index contributed by atoms with van der Waals surface area (Å²) in [4.78, 5) is 19.6. The van der Waals surface area contributed by atoms with Gasteiger partial charge >= 0.3 is 6.09 Å². The number of rotatable bonds is 5. The summed E-state index contributed by atoms with van der Waals surface area (Å²) in [7, 11) is 3.19. The van der Waals surface area contributed by atoms with Gasteiger partial charge in [0.05, 0.1) is 24.9 Å². The van der Waals surface area contributed by atoms with Crippen molar-refractivity contribution in [1.29, 1.82) is 0 Å². The predicted octanol–water partition coefficient (Wildman–Crippen LogP) is 6.01. The summed E-state index contributed by atoms with van der Waals surface area (Å²) in [5.74, 6) is 1.20. The number of methoxy groups -OCH3 is 2. The zero-order chi connectivity index (χ0) is 25.6. The number of pyridine rings is 1. The Hall–Kier alpha value is -3.13. The molecule has 0 radical (unpaired) electrons. The molecule has 1 amide bonds. The number of ether oxygens (including phenoxy) is 3. The minimum Gasteiger partial charge on any atom is -0.496 e. The van der Waals surface area contributed by atoms with Crippen molar-refractivity contribution in [2.24, 2.45) is 0 Å². The van der Waals surface area contributed by atoms with Crippen LogP contribution in [0.25, 0.3) is 16.9 Å². The standard InChI is InChI=1S/C27H33ClN4O4/c1-27(2,3)36-26(33)32-18-6-7-19(32)11-17(10-18)29-16-8-9-31-15-22(30-25(31)12-16)20-13-21(28)24(35-5)14-23(20)34-4/h8-9,12-15,17-19,29H,6-7,10-11H2,1-5H3/t17-,18+,19-. The molecular formula is C27H33ClN4O4. The number of hydrogen-bond donors (Lipinski definition) is 1. The molecule has 3 aromatic rings. The van der Waals surface area contributed by atoms with Gasteiger partial charge in [0.1, 0.15) is 22.7 Å². The summed E-state index contributed by atoms with van der Waals surface area (Å²) >= 11 is 6.37. The molecule has 4 heterocycles. The number of piperidine rings is 1. The SMILES string of the molecule is COc1cc(OC)c(-c2cn3ccc(N[C@H]4C[C@H]5CC[C@@H](C4)N5C(=O)OC(C)(C)C)cc3n2)cc1Cl. The summed E-state index contributed by atoms with van der Waals surface area (Å²) in [6.45, 7) is 5.74. The van der Waals surface area contributed by atoms with E-state index in [2.05, 4.69) is 11.4 Å². The second-order valence-electron chi connectivity index (χ2n) is 10.6. The lowest BCUT2D eigenvalue weighted by atomic mass is 9.97. The van der Waals surface area contributed by atoms with Crippen LogP contribution >= 0.6 is 11.6 Å². The molecule has 192 valence electrons. The van der Waals surface area contributed by atoms with Gasteiger partial charge in [0, 0.05) is 53.9 Å². The largest absolute Gasteiger partial charge is 0.496 e. The van der Waals surface area contributed by atoms with Crippen LogP contribution in [0, 0.1) is 0 Å². The number of fused-ring (bicyclic) bond motifs is 3. The van der Waals surface area contributed by atoms with Gasteiger partial charge in [-0.25, -0.2) is 9.78 Å². The average molecular weight is 513 g/mol. The lowest BCUT2D eigenvalue weighted by Gasteiger charge is -2.40. The van der Waals surface area contributed by atoms with Crippen molar-refractivity contribution in [2.45, 2.75) is 70.2 Å². The third-order valence-electron chi connectivity index (χ3n) is 6.92. The molecule has 1 aromatic carbocycles. The smallest absolute Gasteiger partial charge is 0.410 e. The van der Waals surface area contributed by atoms with Crippen LogP contribution in [0.15, 0.2) is 36.7 Å². The van der Waals surface area contributed by atoms with Crippen LogP contribution in [0.3, 0.4) is 0 Å². The van der Waals surface area contributed by atoms with Crippen molar-refractivity contribution in [2.75, 3.05) is 19.5 Å². The molecule has 9 heteroatoms. The molecule has 2 aliphatic heterocycles. The van der Waals surface area contributed by atoms with Crippen LogP contribution < -0.4 is 14.8 Å². The van der Waals surface area contributed by atoms with Crippen molar-refractivity contribution in [3.05, 3.63) is 41.7 Å². The lowest BCUT2D eigenvalue weighted by Crippen LogP contribution is -2.51. The Morgan fingerprint density at radius 2 is 1.78 bits per heavy atom. The van der Waals surface area contributed by atoms with E-state index < -0.39 is 5.60 Å². The number of carbonyl (C=O) groups is 1. The Morgan fingerprint density at radius 3 is 2.42 bits per heavy atom. The van der Waals surface area contributed by atoms with Gasteiger partial charge in [0.15, 0.2) is 0 Å². The van der Waals surface area contributed by atoms with Gasteiger partial charge in [-0.1, -0.05) is 11.6 Å². The molecule has 2 aliphatic rings. The number of aromatic nitrogens is 2. The first kappa shape index (κ1) is 24.6. The normalized spacial score (nSPS) is 21.5. The lowest BCUT2D eigenvalue weighted by molar-refractivity contribution is 0.00683. The molecule has 36 heavy (non-hydrogen) atoms. The highest BCUT2D eigenvalue weighted by molar-refractivity contribution is 6.32. The molecule has 8 nitrogen and oxygen atoms in total. The summed E-state index contributed by atoms with van der Waals surface area (Å²) < 4.78 is 18.5. The molecule has 5 rings (SSSR count). The van der Waals surface area contributed by atoms with Gasteiger partial charge in [-0.2, -0.15) is 0 Å². The molecule has 2 aromatic heterocycles. The average Bonchev–Trinajstić information content (AvgIpc) is 3.36. The number of benzene rings is 1. The van der Waals surface area contributed by atoms with Crippen molar-refractivity contribution >= 4 is 29.0 Å². The fourth-order valence-corrected chi connectivity index (χ4v) is 5.65. The van der Waals surface area contributed by atoms with Crippen molar-refractivity contribution in [3.63, 3.8) is 0 Å². The molecule has 3 atom stereocenters. The molecule has 1 N–H and O–H groups in total. The third-order valence-corrected chi connectivity index (χ3v) is 7.21. The van der Waals surface area contributed by atoms with Gasteiger partial charge in [-0.3, -0.25) is 0 Å². The summed E-state index contributed by atoms with van der Waals surface area (Å²) in [5, 5.41) is 4.18. The predicted molar refractivity (Wildman–Crippen MR) is 140 cm³/mol. The van der Waals surface area contributed by atoms with Gasteiger partial charge < -0.3 is 28.8 Å². The van der Waals surface area contributed by atoms with E-state index in [9.17, 15) is 4.79 Å². The summed E-state index contributed by atoms with van der Waals surface area (Å²) in [6, 6.07) is 8.40. The topological polar surface area (TPSA) is 77.3 Å². The van der Waals surface area contributed by atoms with Gasteiger partial charge in [0.25, 0.3) is 0 Å². The van der Waals surface area contributed by atoms with Crippen LogP contribution in [0.2, 0.25) is 5.02 Å². The fraction of sp³-hybridized carbons (Fsp3) is 0.481. The van der Waals surface area contributed by atoms with Gasteiger partial charge in [-0.15, -0.1) is 0 Å². The fourth-order valence-electron chi connectivity index (χ4n) is 5.40. The van der Waals surface area contributed by atoms with E-state index >= 15 is 0 Å². The monoisotopic (exact) mass is 512 g/mol. The zero-order valence-electron chi connectivity index (χ0n) is 21.4. The highest BCUT2D eigenvalue weighted by Gasteiger charge is 2.44. The number of amides is 1. The highest BCUT2D eigenvalue weighted by Crippen LogP contribution is 2.39. The van der Waals surface area contributed by atoms with Gasteiger partial charge in [-0.05, 0) is 58.6 Å². The van der Waals surface area contributed by atoms with Crippen molar-refractivity contribution in [1.82, 2.24) is 14.3 Å². The number of hydrogen-bond acceptors (Lipinski definition) is 6. The van der Waals surface area contributed by atoms with E-state index in [1.54, 1.807) is 20.3 Å². The van der Waals surface area contributed by atoms with Crippen molar-refractivity contribution < 1.29 is 19.0 Å². The Kier molecular flexibility index (Phi) is 6.41. The first-order valence-corrected chi connectivity index (χ1v) is 12.7. The number of nitrogens with zero attached hydrogens (tertiary/aromatic N) is 3. The molecule has 2 fully saturated rings. The van der Waals surface area contributed by atoms with E-state index in [-0.39, 0.29) is 18.2 Å². The second kappa shape index (κ2) is 9.39. The van der Waals surface area contributed by atoms with E-state index in [0.29, 0.717) is 22.6 Å². The van der Waals surface area contributed by atoms with E-state index in [1.165, 1.54) is 0 Å². The zero-order valence-corrected chi connectivity index (χ0v) is 22.1. The minimum atomic E-state index is -0.481. The van der Waals surface area contributed by atoms with Crippen LogP contribution in [0.4, 0.5) is 10.5 Å². The first-order chi connectivity index (χ1) is 17.1. The maximum atomic E-state index is 12.8. The number of carbonyl (C=O) groups excluding carboxylic acids is 1. The Bertz CT molecular complexity index is 1270. The van der Waals surface area contributed by atoms with Crippen LogP contribution in [-0.4, -0.2) is 58.3 Å². The third kappa shape index (κ3) is 4.78. The molecule has 0 unspecified atom stereocenters. The quantitative estimate of drug-likeness (QED) is 0.451. The van der Waals surface area contributed by atoms with Crippen molar-refractivity contribution in [3.8, 4) is 22.8 Å². The molecular weight excluding hydrogens is 480 g/mol. The maximum absolute atomic E-state index is 12.8. The molecule has 2 bridgehead atoms. The van der Waals surface area contributed by atoms with E-state index in [0.717, 1.165) is 48.3 Å². The first-order valence-electron chi connectivity index (χ1n) is 12.3. The number of nitrogens with one attached hydrogen (secondary N) is 1. The molecule has 2 saturated heterocycles. The second-order valence-corrected chi connectivity index (χ2v) is 11.0. The Balaban J connectivity index is 1.32. The molecule has 0 spiro atoms. The van der Waals surface area contributed by atoms with E-state index in [1.807, 2.05) is 54.6 Å². The highest BCUT2D eigenvalue weighted by atomic mass is 35.5. The van der Waals surface area contributed by atoms with Crippen LogP contribution in [-0.2, 0) is 4.74 Å². The Labute approximate surface area is 216 Å². The number of halogens is 1.